The molecule has 0 aliphatic heterocycles. The molecule has 0 aliphatic rings. The Morgan fingerprint density at radius 2 is 2.00 bits per heavy atom. The summed E-state index contributed by atoms with van der Waals surface area (Å²) >= 11 is 5.76. The number of hydrogen-bond acceptors (Lipinski definition) is 1. The number of carboxylic acid groups (broad SMARTS) is 1. The third-order valence-corrected chi connectivity index (χ3v) is 2.98. The molecule has 0 radical (unpaired) electrons. The number of aromatic carboxylic acids is 1. The van der Waals surface area contributed by atoms with E-state index in [2.05, 4.69) is 31.1 Å². The SMILES string of the molecule is C[Si](C)(C)C#Cc1ccc(Cl)c(C(=O)O)c1. The van der Waals surface area contributed by atoms with Crippen molar-refractivity contribution in [2.45, 2.75) is 19.6 Å². The van der Waals surface area contributed by atoms with Crippen molar-refractivity contribution in [2.24, 2.45) is 0 Å². The Hall–Kier alpha value is -1.24. The van der Waals surface area contributed by atoms with Gasteiger partial charge >= 0.3 is 5.97 Å². The first-order chi connectivity index (χ1) is 7.29. The van der Waals surface area contributed by atoms with Gasteiger partial charge in [0.15, 0.2) is 0 Å². The predicted octanol–water partition coefficient (Wildman–Crippen LogP) is 3.27. The minimum Gasteiger partial charge on any atom is -0.478 e. The molecule has 1 aromatic rings. The molecule has 0 saturated heterocycles. The summed E-state index contributed by atoms with van der Waals surface area (Å²) in [7, 11) is -1.44. The van der Waals surface area contributed by atoms with E-state index in [1.165, 1.54) is 6.07 Å². The van der Waals surface area contributed by atoms with Gasteiger partial charge in [0.25, 0.3) is 0 Å². The molecule has 2 nitrogen and oxygen atoms in total. The van der Waals surface area contributed by atoms with Gasteiger partial charge in [0.1, 0.15) is 8.07 Å². The Morgan fingerprint density at radius 3 is 2.50 bits per heavy atom. The van der Waals surface area contributed by atoms with Gasteiger partial charge in [-0.1, -0.05) is 37.2 Å². The summed E-state index contributed by atoms with van der Waals surface area (Å²) in [5.41, 5.74) is 3.98. The molecule has 1 rings (SSSR count). The number of carbonyl (C=O) groups is 1. The summed E-state index contributed by atoms with van der Waals surface area (Å²) < 4.78 is 0. The average Bonchev–Trinajstić information content (AvgIpc) is 2.14. The summed E-state index contributed by atoms with van der Waals surface area (Å²) in [6, 6.07) is 4.82. The van der Waals surface area contributed by atoms with Gasteiger partial charge < -0.3 is 5.11 Å². The molecule has 0 spiro atoms. The van der Waals surface area contributed by atoms with Crippen LogP contribution in [0.15, 0.2) is 18.2 Å². The second-order valence-corrected chi connectivity index (χ2v) is 9.66. The quantitative estimate of drug-likeness (QED) is 0.615. The molecule has 0 bridgehead atoms. The van der Waals surface area contributed by atoms with E-state index in [9.17, 15) is 4.79 Å². The molecule has 0 heterocycles. The Bertz CT molecular complexity index is 478. The first kappa shape index (κ1) is 12.8. The Morgan fingerprint density at radius 1 is 1.38 bits per heavy atom. The highest BCUT2D eigenvalue weighted by Crippen LogP contribution is 2.17. The molecule has 1 aromatic carbocycles. The monoisotopic (exact) mass is 252 g/mol. The van der Waals surface area contributed by atoms with Gasteiger partial charge in [-0.2, -0.15) is 0 Å². The molecule has 0 amide bonds. The molecule has 84 valence electrons. The van der Waals surface area contributed by atoms with E-state index in [4.69, 9.17) is 16.7 Å². The second kappa shape index (κ2) is 4.73. The maximum atomic E-state index is 10.9. The van der Waals surface area contributed by atoms with Crippen molar-refractivity contribution in [3.05, 3.63) is 34.3 Å². The zero-order valence-electron chi connectivity index (χ0n) is 9.47. The Kier molecular flexibility index (Phi) is 3.79. The van der Waals surface area contributed by atoms with Crippen molar-refractivity contribution in [2.75, 3.05) is 0 Å². The van der Waals surface area contributed by atoms with Crippen LogP contribution in [0.25, 0.3) is 0 Å². The van der Waals surface area contributed by atoms with E-state index < -0.39 is 14.0 Å². The second-order valence-electron chi connectivity index (χ2n) is 4.50. The van der Waals surface area contributed by atoms with Gasteiger partial charge in [0.2, 0.25) is 0 Å². The van der Waals surface area contributed by atoms with E-state index >= 15 is 0 Å². The normalized spacial score (nSPS) is 10.5. The minimum atomic E-state index is -1.44. The number of carboxylic acids is 1. The molecule has 0 aromatic heterocycles. The van der Waals surface area contributed by atoms with Gasteiger partial charge in [-0.25, -0.2) is 4.79 Å². The lowest BCUT2D eigenvalue weighted by Gasteiger charge is -2.04. The van der Waals surface area contributed by atoms with Crippen LogP contribution in [0.1, 0.15) is 15.9 Å². The van der Waals surface area contributed by atoms with Crippen molar-refractivity contribution in [3.63, 3.8) is 0 Å². The average molecular weight is 253 g/mol. The fourth-order valence-electron chi connectivity index (χ4n) is 1.03. The maximum Gasteiger partial charge on any atom is 0.337 e. The van der Waals surface area contributed by atoms with Crippen LogP contribution < -0.4 is 0 Å². The van der Waals surface area contributed by atoms with Gasteiger partial charge in [0, 0.05) is 5.56 Å². The van der Waals surface area contributed by atoms with Crippen molar-refractivity contribution < 1.29 is 9.90 Å². The van der Waals surface area contributed by atoms with Gasteiger partial charge in [-0.15, -0.1) is 5.54 Å². The highest BCUT2D eigenvalue weighted by atomic mass is 35.5. The summed E-state index contributed by atoms with van der Waals surface area (Å²) in [6.07, 6.45) is 0. The Balaban J connectivity index is 3.13. The molecule has 0 atom stereocenters. The van der Waals surface area contributed by atoms with Crippen molar-refractivity contribution >= 4 is 25.6 Å². The smallest absolute Gasteiger partial charge is 0.337 e. The fraction of sp³-hybridized carbons (Fsp3) is 0.250. The third kappa shape index (κ3) is 3.73. The molecule has 0 saturated carbocycles. The molecule has 0 fully saturated rings. The zero-order chi connectivity index (χ0) is 12.3. The first-order valence-electron chi connectivity index (χ1n) is 4.85. The van der Waals surface area contributed by atoms with E-state index in [1.807, 2.05) is 0 Å². The number of benzene rings is 1. The first-order valence-corrected chi connectivity index (χ1v) is 8.73. The molecule has 0 unspecified atom stereocenters. The number of halogens is 1. The lowest BCUT2D eigenvalue weighted by Crippen LogP contribution is -2.16. The summed E-state index contributed by atoms with van der Waals surface area (Å²) in [6.45, 7) is 6.40. The lowest BCUT2D eigenvalue weighted by atomic mass is 10.1. The maximum absolute atomic E-state index is 10.9. The van der Waals surface area contributed by atoms with Crippen LogP contribution >= 0.6 is 11.6 Å². The van der Waals surface area contributed by atoms with Crippen LogP contribution in [0.5, 0.6) is 0 Å². The largest absolute Gasteiger partial charge is 0.478 e. The predicted molar refractivity (Wildman–Crippen MR) is 68.6 cm³/mol. The van der Waals surface area contributed by atoms with Crippen LogP contribution in [0.4, 0.5) is 0 Å². The van der Waals surface area contributed by atoms with Crippen LogP contribution in [-0.4, -0.2) is 19.1 Å². The van der Waals surface area contributed by atoms with Crippen LogP contribution in [0.2, 0.25) is 24.7 Å². The lowest BCUT2D eigenvalue weighted by molar-refractivity contribution is 0.0697. The van der Waals surface area contributed by atoms with Gasteiger partial charge in [-0.3, -0.25) is 0 Å². The highest BCUT2D eigenvalue weighted by molar-refractivity contribution is 6.83. The summed E-state index contributed by atoms with van der Waals surface area (Å²) in [5, 5.41) is 9.14. The van der Waals surface area contributed by atoms with Crippen LogP contribution in [0.3, 0.4) is 0 Å². The topological polar surface area (TPSA) is 37.3 Å². The van der Waals surface area contributed by atoms with E-state index in [1.54, 1.807) is 12.1 Å². The molecule has 1 N–H and O–H groups in total. The fourth-order valence-corrected chi connectivity index (χ4v) is 1.74. The minimum absolute atomic E-state index is 0.101. The molecular weight excluding hydrogens is 240 g/mol. The van der Waals surface area contributed by atoms with Gasteiger partial charge in [0.05, 0.1) is 10.6 Å². The van der Waals surface area contributed by atoms with Crippen molar-refractivity contribution in [1.82, 2.24) is 0 Å². The van der Waals surface area contributed by atoms with Crippen LogP contribution in [-0.2, 0) is 0 Å². The molecule has 16 heavy (non-hydrogen) atoms. The molecule has 4 heteroatoms. The summed E-state index contributed by atoms with van der Waals surface area (Å²) in [5.74, 6) is 1.97. The molecule has 0 aliphatic carbocycles. The van der Waals surface area contributed by atoms with Crippen molar-refractivity contribution in [1.29, 1.82) is 0 Å². The van der Waals surface area contributed by atoms with Crippen molar-refractivity contribution in [3.8, 4) is 11.5 Å². The van der Waals surface area contributed by atoms with E-state index in [-0.39, 0.29) is 10.6 Å². The Labute approximate surface area is 101 Å². The third-order valence-electron chi connectivity index (χ3n) is 1.78. The summed E-state index contributed by atoms with van der Waals surface area (Å²) in [4.78, 5) is 10.9. The van der Waals surface area contributed by atoms with Gasteiger partial charge in [-0.05, 0) is 18.2 Å². The molecular formula is C12H13ClO2Si. The highest BCUT2D eigenvalue weighted by Gasteiger charge is 2.10. The van der Waals surface area contributed by atoms with E-state index in [0.717, 1.165) is 0 Å². The standard InChI is InChI=1S/C12H13ClO2Si/c1-16(2,3)7-6-9-4-5-11(13)10(8-9)12(14)15/h4-5,8H,1-3H3,(H,14,15). The number of hydrogen-bond donors (Lipinski definition) is 1. The zero-order valence-corrected chi connectivity index (χ0v) is 11.2. The van der Waals surface area contributed by atoms with Crippen LogP contribution in [0, 0.1) is 11.5 Å². The number of rotatable bonds is 1. The van der Waals surface area contributed by atoms with E-state index in [0.29, 0.717) is 5.56 Å².